The van der Waals surface area contributed by atoms with Crippen LogP contribution in [0.1, 0.15) is 37.5 Å². The largest absolute Gasteiger partial charge is 0.495 e. The van der Waals surface area contributed by atoms with Crippen LogP contribution in [0.15, 0.2) is 54.6 Å². The molecule has 3 aromatic rings. The summed E-state index contributed by atoms with van der Waals surface area (Å²) in [6, 6.07) is 15.2. The van der Waals surface area contributed by atoms with Gasteiger partial charge in [-0.05, 0) is 56.9 Å². The highest BCUT2D eigenvalue weighted by molar-refractivity contribution is 5.97. The first-order valence-corrected chi connectivity index (χ1v) is 14.4. The minimum Gasteiger partial charge on any atom is -0.495 e. The molecule has 4 rings (SSSR count). The van der Waals surface area contributed by atoms with Crippen molar-refractivity contribution >= 4 is 17.7 Å². The van der Waals surface area contributed by atoms with E-state index in [2.05, 4.69) is 0 Å². The molecule has 10 heteroatoms. The minimum absolute atomic E-state index is 0.0466. The van der Waals surface area contributed by atoms with Gasteiger partial charge in [0.2, 0.25) is 5.75 Å². The molecule has 2 unspecified atom stereocenters. The normalized spacial score (nSPS) is 14.8. The number of aliphatic carboxylic acids is 1. The second kappa shape index (κ2) is 13.8. The third kappa shape index (κ3) is 7.30. The Labute approximate surface area is 258 Å². The highest BCUT2D eigenvalue weighted by Gasteiger charge is 2.37. The van der Waals surface area contributed by atoms with Crippen molar-refractivity contribution in [2.24, 2.45) is 5.92 Å². The number of nitrogens with zero attached hydrogens (tertiary/aromatic N) is 1. The number of amides is 1. The van der Waals surface area contributed by atoms with Crippen molar-refractivity contribution in [3.63, 3.8) is 0 Å². The molecule has 0 aromatic heterocycles. The van der Waals surface area contributed by atoms with Crippen LogP contribution >= 0.6 is 0 Å². The number of anilines is 1. The molecule has 0 radical (unpaired) electrons. The SMILES string of the molecule is COc1ccc(CC2COc3cc(OC)c(OC)c(OC)c3C2)cc1N(C(=O)OC(C)(C)C)C(Cc1ccccc1)C(=O)O. The van der Waals surface area contributed by atoms with E-state index in [1.54, 1.807) is 60.3 Å². The van der Waals surface area contributed by atoms with E-state index in [0.29, 0.717) is 53.9 Å². The maximum Gasteiger partial charge on any atom is 0.415 e. The van der Waals surface area contributed by atoms with Crippen LogP contribution < -0.4 is 28.6 Å². The summed E-state index contributed by atoms with van der Waals surface area (Å²) in [6.45, 7) is 5.66. The number of carbonyl (C=O) groups excluding carboxylic acids is 1. The molecule has 0 fully saturated rings. The Bertz CT molecular complexity index is 1470. The Balaban J connectivity index is 1.71. The molecule has 0 saturated carbocycles. The lowest BCUT2D eigenvalue weighted by Crippen LogP contribution is -2.49. The van der Waals surface area contributed by atoms with Gasteiger partial charge in [0.1, 0.15) is 23.1 Å². The van der Waals surface area contributed by atoms with Crippen molar-refractivity contribution in [1.29, 1.82) is 0 Å². The monoisotopic (exact) mass is 607 g/mol. The zero-order valence-corrected chi connectivity index (χ0v) is 26.3. The molecule has 1 N–H and O–H groups in total. The summed E-state index contributed by atoms with van der Waals surface area (Å²) in [4.78, 5) is 27.6. The summed E-state index contributed by atoms with van der Waals surface area (Å²) in [6.07, 6.45) is 0.507. The van der Waals surface area contributed by atoms with Gasteiger partial charge in [0, 0.05) is 24.0 Å². The van der Waals surface area contributed by atoms with E-state index in [9.17, 15) is 14.7 Å². The Morgan fingerprint density at radius 3 is 2.18 bits per heavy atom. The lowest BCUT2D eigenvalue weighted by molar-refractivity contribution is -0.138. The number of carbonyl (C=O) groups is 2. The van der Waals surface area contributed by atoms with Crippen LogP contribution in [0.25, 0.3) is 0 Å². The number of carboxylic acids is 1. The van der Waals surface area contributed by atoms with Gasteiger partial charge in [0.05, 0.1) is 40.7 Å². The first-order chi connectivity index (χ1) is 21.0. The fourth-order valence-electron chi connectivity index (χ4n) is 5.42. The molecular formula is C34H41NO9. The van der Waals surface area contributed by atoms with Gasteiger partial charge >= 0.3 is 12.1 Å². The summed E-state index contributed by atoms with van der Waals surface area (Å²) >= 11 is 0. The highest BCUT2D eigenvalue weighted by Crippen LogP contribution is 2.48. The second-order valence-electron chi connectivity index (χ2n) is 11.6. The van der Waals surface area contributed by atoms with Crippen LogP contribution in [0.5, 0.6) is 28.7 Å². The predicted molar refractivity (Wildman–Crippen MR) is 166 cm³/mol. The van der Waals surface area contributed by atoms with Crippen LogP contribution in [0, 0.1) is 5.92 Å². The second-order valence-corrected chi connectivity index (χ2v) is 11.6. The maximum atomic E-state index is 13.7. The van der Waals surface area contributed by atoms with Crippen molar-refractivity contribution in [3.05, 3.63) is 71.3 Å². The van der Waals surface area contributed by atoms with Gasteiger partial charge in [-0.1, -0.05) is 36.4 Å². The zero-order chi connectivity index (χ0) is 32.0. The minimum atomic E-state index is -1.26. The van der Waals surface area contributed by atoms with E-state index in [4.69, 9.17) is 28.4 Å². The van der Waals surface area contributed by atoms with Gasteiger partial charge in [0.25, 0.3) is 0 Å². The van der Waals surface area contributed by atoms with E-state index in [-0.39, 0.29) is 12.3 Å². The number of hydrogen-bond donors (Lipinski definition) is 1. The molecule has 0 saturated heterocycles. The van der Waals surface area contributed by atoms with Crippen LogP contribution in [0.4, 0.5) is 10.5 Å². The van der Waals surface area contributed by atoms with Crippen LogP contribution in [-0.4, -0.2) is 63.9 Å². The summed E-state index contributed by atoms with van der Waals surface area (Å²) in [5, 5.41) is 10.4. The lowest BCUT2D eigenvalue weighted by Gasteiger charge is -2.33. The highest BCUT2D eigenvalue weighted by atomic mass is 16.6. The molecule has 2 atom stereocenters. The van der Waals surface area contributed by atoms with Crippen molar-refractivity contribution in [2.75, 3.05) is 39.9 Å². The molecule has 1 heterocycles. The predicted octanol–water partition coefficient (Wildman–Crippen LogP) is 5.95. The summed E-state index contributed by atoms with van der Waals surface area (Å²) in [5.41, 5.74) is 1.96. The quantitative estimate of drug-likeness (QED) is 0.282. The van der Waals surface area contributed by atoms with E-state index in [1.807, 2.05) is 36.4 Å². The third-order valence-electron chi connectivity index (χ3n) is 7.35. The van der Waals surface area contributed by atoms with Crippen LogP contribution in [0.3, 0.4) is 0 Å². The Morgan fingerprint density at radius 2 is 1.59 bits per heavy atom. The molecule has 10 nitrogen and oxygen atoms in total. The molecule has 1 aliphatic heterocycles. The summed E-state index contributed by atoms with van der Waals surface area (Å²) in [5.74, 6) is 1.48. The van der Waals surface area contributed by atoms with E-state index >= 15 is 0 Å². The topological polar surface area (TPSA) is 113 Å². The average Bonchev–Trinajstić information content (AvgIpc) is 2.99. The Hall–Kier alpha value is -4.60. The van der Waals surface area contributed by atoms with Crippen LogP contribution in [-0.2, 0) is 28.8 Å². The van der Waals surface area contributed by atoms with Crippen LogP contribution in [0.2, 0.25) is 0 Å². The summed E-state index contributed by atoms with van der Waals surface area (Å²) < 4.78 is 34.3. The van der Waals surface area contributed by atoms with Crippen molar-refractivity contribution in [2.45, 2.75) is 51.7 Å². The lowest BCUT2D eigenvalue weighted by atomic mass is 9.89. The molecule has 1 aliphatic rings. The fourth-order valence-corrected chi connectivity index (χ4v) is 5.42. The number of fused-ring (bicyclic) bond motifs is 1. The third-order valence-corrected chi connectivity index (χ3v) is 7.35. The fraction of sp³-hybridized carbons (Fsp3) is 0.412. The van der Waals surface area contributed by atoms with Gasteiger partial charge in [0.15, 0.2) is 11.5 Å². The van der Waals surface area contributed by atoms with Crippen molar-refractivity contribution in [1.82, 2.24) is 0 Å². The number of hydrogen-bond acceptors (Lipinski definition) is 8. The number of benzene rings is 3. The number of carboxylic acid groups (broad SMARTS) is 1. The van der Waals surface area contributed by atoms with E-state index in [1.165, 1.54) is 12.0 Å². The van der Waals surface area contributed by atoms with Gasteiger partial charge in [-0.2, -0.15) is 0 Å². The van der Waals surface area contributed by atoms with Crippen molar-refractivity contribution in [3.8, 4) is 28.7 Å². The molecule has 0 spiro atoms. The molecule has 1 amide bonds. The number of rotatable bonds is 11. The molecular weight excluding hydrogens is 566 g/mol. The molecule has 44 heavy (non-hydrogen) atoms. The average molecular weight is 608 g/mol. The van der Waals surface area contributed by atoms with Gasteiger partial charge in [-0.15, -0.1) is 0 Å². The first-order valence-electron chi connectivity index (χ1n) is 14.4. The number of ether oxygens (including phenoxy) is 6. The first kappa shape index (κ1) is 32.3. The van der Waals surface area contributed by atoms with Gasteiger partial charge in [-0.3, -0.25) is 4.90 Å². The molecule has 0 aliphatic carbocycles. The molecule has 0 bridgehead atoms. The van der Waals surface area contributed by atoms with Gasteiger partial charge < -0.3 is 33.5 Å². The standard InChI is InChI=1S/C34H41NO9/c1-34(2,3)44-33(38)35(26(32(36)37)17-21-11-9-8-10-12-21)25-18-22(13-14-27(25)39-4)15-23-16-24-28(43-20-23)19-29(40-5)31(42-7)30(24)41-6/h8-14,18-19,23,26H,15-17,20H2,1-7H3,(H,36,37). The van der Waals surface area contributed by atoms with Crippen molar-refractivity contribution < 1.29 is 43.1 Å². The smallest absolute Gasteiger partial charge is 0.415 e. The van der Waals surface area contributed by atoms with E-state index < -0.39 is 23.7 Å². The summed E-state index contributed by atoms with van der Waals surface area (Å²) in [7, 11) is 6.19. The maximum absolute atomic E-state index is 13.7. The Morgan fingerprint density at radius 1 is 0.909 bits per heavy atom. The van der Waals surface area contributed by atoms with Gasteiger partial charge in [-0.25, -0.2) is 9.59 Å². The number of methoxy groups -OCH3 is 4. The Kier molecular flexibility index (Phi) is 10.1. The van der Waals surface area contributed by atoms with E-state index in [0.717, 1.165) is 16.7 Å². The molecule has 236 valence electrons. The molecule has 3 aromatic carbocycles. The zero-order valence-electron chi connectivity index (χ0n) is 26.3.